The summed E-state index contributed by atoms with van der Waals surface area (Å²) in [6.07, 6.45) is 2.51. The molecule has 1 saturated heterocycles. The molecular weight excluding hydrogens is 400 g/mol. The molecule has 158 valence electrons. The van der Waals surface area contributed by atoms with Crippen molar-refractivity contribution in [3.63, 3.8) is 0 Å². The van der Waals surface area contributed by atoms with Crippen LogP contribution in [0.2, 0.25) is 0 Å². The van der Waals surface area contributed by atoms with Crippen molar-refractivity contribution in [2.75, 3.05) is 25.7 Å². The average molecular weight is 427 g/mol. The number of hydrogen-bond acceptors (Lipinski definition) is 6. The number of fused-ring (bicyclic) bond motifs is 1. The Kier molecular flexibility index (Phi) is 5.43. The van der Waals surface area contributed by atoms with E-state index in [1.54, 1.807) is 11.8 Å². The summed E-state index contributed by atoms with van der Waals surface area (Å²) < 4.78 is 18.9. The number of benzene rings is 1. The predicted molar refractivity (Wildman–Crippen MR) is 119 cm³/mol. The van der Waals surface area contributed by atoms with Crippen molar-refractivity contribution in [2.24, 2.45) is 10.1 Å². The van der Waals surface area contributed by atoms with Crippen molar-refractivity contribution in [1.82, 2.24) is 9.99 Å². The minimum Gasteiger partial charge on any atom is -0.454 e. The van der Waals surface area contributed by atoms with Crippen molar-refractivity contribution < 1.29 is 14.2 Å². The number of aliphatic imine (C=N–C) groups is 1. The van der Waals surface area contributed by atoms with Gasteiger partial charge in [0, 0.05) is 35.9 Å². The number of hydrogen-bond donors (Lipinski definition) is 1. The van der Waals surface area contributed by atoms with Crippen LogP contribution in [-0.2, 0) is 11.3 Å². The van der Waals surface area contributed by atoms with E-state index in [2.05, 4.69) is 52.1 Å². The topological polar surface area (TPSA) is 69.4 Å². The summed E-state index contributed by atoms with van der Waals surface area (Å²) >= 11 is 1.70. The van der Waals surface area contributed by atoms with Gasteiger partial charge in [-0.2, -0.15) is 5.10 Å². The largest absolute Gasteiger partial charge is 0.454 e. The van der Waals surface area contributed by atoms with Crippen LogP contribution in [0.3, 0.4) is 0 Å². The molecule has 8 heteroatoms. The van der Waals surface area contributed by atoms with Gasteiger partial charge in [0.05, 0.1) is 18.4 Å². The third-order valence-electron chi connectivity index (χ3n) is 5.76. The number of thioether (sulfide) groups is 1. The number of aryl methyl sites for hydroxylation is 1. The highest BCUT2D eigenvalue weighted by molar-refractivity contribution is 8.14. The minimum atomic E-state index is 0.264. The van der Waals surface area contributed by atoms with E-state index in [0.717, 1.165) is 54.1 Å². The molecule has 4 heterocycles. The summed E-state index contributed by atoms with van der Waals surface area (Å²) in [4.78, 5) is 4.63. The summed E-state index contributed by atoms with van der Waals surface area (Å²) in [7, 11) is 0. The Morgan fingerprint density at radius 1 is 1.23 bits per heavy atom. The first-order chi connectivity index (χ1) is 14.7. The van der Waals surface area contributed by atoms with Gasteiger partial charge in [0.25, 0.3) is 0 Å². The van der Waals surface area contributed by atoms with Gasteiger partial charge in [-0.25, -0.2) is 0 Å². The molecule has 5 rings (SSSR count). The van der Waals surface area contributed by atoms with Crippen LogP contribution in [-0.4, -0.2) is 47.2 Å². The summed E-state index contributed by atoms with van der Waals surface area (Å²) in [6.45, 7) is 6.96. The monoisotopic (exact) mass is 426 g/mol. The molecule has 3 aliphatic rings. The lowest BCUT2D eigenvalue weighted by molar-refractivity contribution is 0.118. The van der Waals surface area contributed by atoms with Gasteiger partial charge in [-0.3, -0.25) is 10.4 Å². The molecule has 1 atom stereocenters. The zero-order valence-electron chi connectivity index (χ0n) is 17.3. The van der Waals surface area contributed by atoms with Crippen LogP contribution >= 0.6 is 11.8 Å². The molecule has 7 nitrogen and oxygen atoms in total. The molecule has 2 aromatic rings. The average Bonchev–Trinajstić information content (AvgIpc) is 3.50. The standard InChI is InChI=1S/C22H26N4O3S/c1-14-8-18(19-12-30-22(25-24-19)23-10-17-4-3-7-27-17)15(2)26(14)11-16-5-6-20-21(9-16)29-13-28-20/h5-6,8-9,17H,3-4,7,10-13H2,1-2H3,(H,23,25)/t17-/m1/s1. The number of ether oxygens (including phenoxy) is 3. The first-order valence-electron chi connectivity index (χ1n) is 10.3. The second-order valence-corrected chi connectivity index (χ2v) is 8.76. The van der Waals surface area contributed by atoms with Gasteiger partial charge in [0.2, 0.25) is 6.79 Å². The molecule has 0 spiro atoms. The van der Waals surface area contributed by atoms with E-state index in [4.69, 9.17) is 14.2 Å². The van der Waals surface area contributed by atoms with Crippen molar-refractivity contribution in [3.05, 3.63) is 46.8 Å². The van der Waals surface area contributed by atoms with E-state index in [0.29, 0.717) is 13.3 Å². The molecule has 30 heavy (non-hydrogen) atoms. The third-order valence-corrected chi connectivity index (χ3v) is 6.67. The molecule has 1 aromatic carbocycles. The summed E-state index contributed by atoms with van der Waals surface area (Å²) in [5, 5.41) is 5.50. The van der Waals surface area contributed by atoms with E-state index in [-0.39, 0.29) is 6.10 Å². The van der Waals surface area contributed by atoms with Gasteiger partial charge >= 0.3 is 0 Å². The fourth-order valence-corrected chi connectivity index (χ4v) is 4.84. The number of hydrazone groups is 1. The van der Waals surface area contributed by atoms with Crippen LogP contribution < -0.4 is 14.9 Å². The van der Waals surface area contributed by atoms with Gasteiger partial charge in [-0.05, 0) is 50.5 Å². The molecule has 1 aromatic heterocycles. The Morgan fingerprint density at radius 2 is 2.13 bits per heavy atom. The fourth-order valence-electron chi connectivity index (χ4n) is 4.07. The lowest BCUT2D eigenvalue weighted by Crippen LogP contribution is -2.26. The molecule has 0 aliphatic carbocycles. The summed E-state index contributed by atoms with van der Waals surface area (Å²) in [6, 6.07) is 8.36. The van der Waals surface area contributed by atoms with Crippen LogP contribution in [0.4, 0.5) is 0 Å². The number of rotatable bonds is 5. The Labute approximate surface area is 180 Å². The SMILES string of the molecule is Cc1cc(C2=NNC(=NC[C@H]3CCCO3)SC2)c(C)n1Cc1ccc2c(c1)OCO2. The lowest BCUT2D eigenvalue weighted by Gasteiger charge is -2.16. The van der Waals surface area contributed by atoms with Crippen LogP contribution in [0.15, 0.2) is 34.4 Å². The second kappa shape index (κ2) is 8.35. The summed E-state index contributed by atoms with van der Waals surface area (Å²) in [5.74, 6) is 2.45. The Morgan fingerprint density at radius 3 is 2.93 bits per heavy atom. The molecular formula is C22H26N4O3S. The van der Waals surface area contributed by atoms with Gasteiger partial charge in [0.15, 0.2) is 16.7 Å². The molecule has 0 unspecified atom stereocenters. The predicted octanol–water partition coefficient (Wildman–Crippen LogP) is 3.46. The molecule has 1 N–H and O–H groups in total. The van der Waals surface area contributed by atoms with E-state index >= 15 is 0 Å². The maximum Gasteiger partial charge on any atom is 0.231 e. The molecule has 0 radical (unpaired) electrons. The first kappa shape index (κ1) is 19.5. The highest BCUT2D eigenvalue weighted by Crippen LogP contribution is 2.33. The molecule has 0 saturated carbocycles. The van der Waals surface area contributed by atoms with Gasteiger partial charge in [-0.15, -0.1) is 0 Å². The number of amidine groups is 1. The van der Waals surface area contributed by atoms with E-state index in [1.807, 2.05) is 6.07 Å². The Bertz CT molecular complexity index is 1010. The summed E-state index contributed by atoms with van der Waals surface area (Å²) in [5.41, 5.74) is 8.99. The Balaban J connectivity index is 1.29. The number of nitrogens with zero attached hydrogens (tertiary/aromatic N) is 3. The van der Waals surface area contributed by atoms with Crippen LogP contribution in [0.25, 0.3) is 0 Å². The highest BCUT2D eigenvalue weighted by atomic mass is 32.2. The maximum atomic E-state index is 5.64. The van der Waals surface area contributed by atoms with Crippen LogP contribution in [0.5, 0.6) is 11.5 Å². The molecule has 3 aliphatic heterocycles. The molecule has 0 amide bonds. The zero-order valence-corrected chi connectivity index (χ0v) is 18.1. The normalized spacial score (nSPS) is 21.7. The first-order valence-corrected chi connectivity index (χ1v) is 11.3. The van der Waals surface area contributed by atoms with Crippen LogP contribution in [0.1, 0.15) is 35.4 Å². The van der Waals surface area contributed by atoms with E-state index in [9.17, 15) is 0 Å². The number of aromatic nitrogens is 1. The van der Waals surface area contributed by atoms with Crippen molar-refractivity contribution in [2.45, 2.75) is 39.3 Å². The van der Waals surface area contributed by atoms with Crippen molar-refractivity contribution >= 4 is 22.6 Å². The highest BCUT2D eigenvalue weighted by Gasteiger charge is 2.21. The van der Waals surface area contributed by atoms with Crippen LogP contribution in [0, 0.1) is 13.8 Å². The zero-order chi connectivity index (χ0) is 20.5. The molecule has 1 fully saturated rings. The lowest BCUT2D eigenvalue weighted by atomic mass is 10.1. The quantitative estimate of drug-likeness (QED) is 0.793. The van der Waals surface area contributed by atoms with Gasteiger partial charge in [-0.1, -0.05) is 17.8 Å². The van der Waals surface area contributed by atoms with Crippen molar-refractivity contribution in [1.29, 1.82) is 0 Å². The Hall–Kier alpha value is -2.45. The minimum absolute atomic E-state index is 0.264. The van der Waals surface area contributed by atoms with Crippen molar-refractivity contribution in [3.8, 4) is 11.5 Å². The fraction of sp³-hybridized carbons (Fsp3) is 0.455. The molecule has 0 bridgehead atoms. The maximum absolute atomic E-state index is 5.64. The van der Waals surface area contributed by atoms with Gasteiger partial charge < -0.3 is 18.8 Å². The van der Waals surface area contributed by atoms with Gasteiger partial charge in [0.1, 0.15) is 0 Å². The third kappa shape index (κ3) is 3.94. The van der Waals surface area contributed by atoms with E-state index < -0.39 is 0 Å². The number of nitrogens with one attached hydrogen (secondary N) is 1. The second-order valence-electron chi connectivity index (χ2n) is 7.80. The smallest absolute Gasteiger partial charge is 0.231 e. The van der Waals surface area contributed by atoms with E-state index in [1.165, 1.54) is 22.5 Å².